The van der Waals surface area contributed by atoms with Gasteiger partial charge in [0, 0.05) is 30.6 Å². The smallest absolute Gasteiger partial charge is 0.253 e. The standard InChI is InChI=1S/C32H37N3O2/c36-31(33-30-11-5-9-24-7-3-4-10-29(24)30)25-14-18-34(19-15-25)28-16-20-35(21-17-28)32(37)27-13-12-23-6-1-2-8-26(23)22-27/h1-4,6-8,10,12-13,22,25,28,30H,5,9,11,14-21H2,(H,33,36)/t30-/m1/s1. The molecule has 5 heteroatoms. The Bertz CT molecular complexity index is 1270. The average molecular weight is 496 g/mol. The lowest BCUT2D eigenvalue weighted by molar-refractivity contribution is -0.127. The molecule has 6 rings (SSSR count). The first-order chi connectivity index (χ1) is 18.2. The van der Waals surface area contributed by atoms with Crippen molar-refractivity contribution in [2.24, 2.45) is 5.92 Å². The Labute approximate surface area is 219 Å². The first kappa shape index (κ1) is 24.2. The molecule has 3 aliphatic rings. The van der Waals surface area contributed by atoms with E-state index >= 15 is 0 Å². The van der Waals surface area contributed by atoms with Crippen molar-refractivity contribution in [1.29, 1.82) is 0 Å². The lowest BCUT2D eigenvalue weighted by Gasteiger charge is -2.41. The Morgan fingerprint density at radius 1 is 0.757 bits per heavy atom. The molecular formula is C32H37N3O2. The maximum absolute atomic E-state index is 13.2. The van der Waals surface area contributed by atoms with Crippen LogP contribution in [0.5, 0.6) is 0 Å². The van der Waals surface area contributed by atoms with Crippen LogP contribution >= 0.6 is 0 Å². The molecule has 192 valence electrons. The zero-order chi connectivity index (χ0) is 25.2. The van der Waals surface area contributed by atoms with Gasteiger partial charge in [0.05, 0.1) is 6.04 Å². The number of hydrogen-bond acceptors (Lipinski definition) is 3. The second-order valence-electron chi connectivity index (χ2n) is 11.0. The highest BCUT2D eigenvalue weighted by Crippen LogP contribution is 2.31. The number of carbonyl (C=O) groups is 2. The molecule has 3 aromatic carbocycles. The van der Waals surface area contributed by atoms with E-state index in [2.05, 4.69) is 46.6 Å². The summed E-state index contributed by atoms with van der Waals surface area (Å²) in [5.41, 5.74) is 3.48. The minimum atomic E-state index is 0.111. The molecular weight excluding hydrogens is 458 g/mol. The van der Waals surface area contributed by atoms with Gasteiger partial charge in [0.25, 0.3) is 5.91 Å². The van der Waals surface area contributed by atoms with E-state index in [9.17, 15) is 9.59 Å². The third kappa shape index (κ3) is 5.15. The Kier molecular flexibility index (Phi) is 6.97. The number of aryl methyl sites for hydroxylation is 1. The summed E-state index contributed by atoms with van der Waals surface area (Å²) in [6, 6.07) is 23.5. The summed E-state index contributed by atoms with van der Waals surface area (Å²) in [4.78, 5) is 30.9. The fourth-order valence-electron chi connectivity index (χ4n) is 6.66. The Morgan fingerprint density at radius 2 is 1.49 bits per heavy atom. The number of fused-ring (bicyclic) bond motifs is 2. The van der Waals surface area contributed by atoms with Crippen LogP contribution in [-0.4, -0.2) is 53.8 Å². The van der Waals surface area contributed by atoms with Gasteiger partial charge in [0.15, 0.2) is 0 Å². The SMILES string of the molecule is O=C(N[C@@H]1CCCc2ccccc21)C1CCN(C2CCN(C(=O)c3ccc4ccccc4c3)CC2)CC1. The summed E-state index contributed by atoms with van der Waals surface area (Å²) < 4.78 is 0. The fourth-order valence-corrected chi connectivity index (χ4v) is 6.66. The zero-order valence-electron chi connectivity index (χ0n) is 21.6. The molecule has 2 aliphatic heterocycles. The monoisotopic (exact) mass is 495 g/mol. The van der Waals surface area contributed by atoms with Gasteiger partial charge in [-0.1, -0.05) is 54.6 Å². The molecule has 2 saturated heterocycles. The molecule has 2 heterocycles. The molecule has 1 aliphatic carbocycles. The summed E-state index contributed by atoms with van der Waals surface area (Å²) in [5, 5.41) is 5.66. The lowest BCUT2D eigenvalue weighted by atomic mass is 9.86. The van der Waals surface area contributed by atoms with Gasteiger partial charge in [-0.3, -0.25) is 9.59 Å². The first-order valence-electron chi connectivity index (χ1n) is 14.1. The first-order valence-corrected chi connectivity index (χ1v) is 14.1. The zero-order valence-corrected chi connectivity index (χ0v) is 21.6. The Morgan fingerprint density at radius 3 is 2.30 bits per heavy atom. The average Bonchev–Trinajstić information content (AvgIpc) is 2.97. The molecule has 5 nitrogen and oxygen atoms in total. The van der Waals surface area contributed by atoms with Crippen LogP contribution in [0.4, 0.5) is 0 Å². The minimum Gasteiger partial charge on any atom is -0.349 e. The third-order valence-electron chi connectivity index (χ3n) is 8.85. The van der Waals surface area contributed by atoms with E-state index in [1.165, 1.54) is 16.5 Å². The fraction of sp³-hybridized carbons (Fsp3) is 0.438. The number of rotatable bonds is 4. The number of nitrogens with one attached hydrogen (secondary N) is 1. The second kappa shape index (κ2) is 10.7. The topological polar surface area (TPSA) is 52.7 Å². The molecule has 2 amide bonds. The summed E-state index contributed by atoms with van der Waals surface area (Å²) in [6.45, 7) is 3.56. The quantitative estimate of drug-likeness (QED) is 0.531. The van der Waals surface area contributed by atoms with E-state index in [4.69, 9.17) is 0 Å². The number of piperidine rings is 2. The highest BCUT2D eigenvalue weighted by atomic mass is 16.2. The second-order valence-corrected chi connectivity index (χ2v) is 11.0. The van der Waals surface area contributed by atoms with E-state index < -0.39 is 0 Å². The van der Waals surface area contributed by atoms with Gasteiger partial charge in [0.2, 0.25) is 5.91 Å². The van der Waals surface area contributed by atoms with Crippen LogP contribution in [0.25, 0.3) is 10.8 Å². The largest absolute Gasteiger partial charge is 0.349 e. The van der Waals surface area contributed by atoms with Crippen LogP contribution < -0.4 is 5.32 Å². The molecule has 1 N–H and O–H groups in total. The van der Waals surface area contributed by atoms with Crippen LogP contribution in [0.2, 0.25) is 0 Å². The van der Waals surface area contributed by atoms with Crippen molar-refractivity contribution >= 4 is 22.6 Å². The van der Waals surface area contributed by atoms with Crippen LogP contribution in [-0.2, 0) is 11.2 Å². The van der Waals surface area contributed by atoms with Crippen molar-refractivity contribution in [2.45, 2.75) is 57.0 Å². The number of likely N-dealkylation sites (tertiary alicyclic amines) is 2. The lowest BCUT2D eigenvalue weighted by Crippen LogP contribution is -2.50. The summed E-state index contributed by atoms with van der Waals surface area (Å²) >= 11 is 0. The van der Waals surface area contributed by atoms with E-state index in [1.54, 1.807) is 0 Å². The summed E-state index contributed by atoms with van der Waals surface area (Å²) in [7, 11) is 0. The van der Waals surface area contributed by atoms with Crippen molar-refractivity contribution in [3.63, 3.8) is 0 Å². The predicted molar refractivity (Wildman–Crippen MR) is 147 cm³/mol. The van der Waals surface area contributed by atoms with Gasteiger partial charge in [-0.05, 0) is 92.1 Å². The van der Waals surface area contributed by atoms with E-state index in [0.717, 1.165) is 82.1 Å². The van der Waals surface area contributed by atoms with Gasteiger partial charge in [-0.2, -0.15) is 0 Å². The van der Waals surface area contributed by atoms with Gasteiger partial charge in [0.1, 0.15) is 0 Å². The van der Waals surface area contributed by atoms with Crippen LogP contribution in [0.3, 0.4) is 0 Å². The van der Waals surface area contributed by atoms with Gasteiger partial charge >= 0.3 is 0 Å². The predicted octanol–water partition coefficient (Wildman–Crippen LogP) is 5.35. The van der Waals surface area contributed by atoms with Gasteiger partial charge < -0.3 is 15.1 Å². The molecule has 0 spiro atoms. The highest BCUT2D eigenvalue weighted by Gasteiger charge is 2.33. The van der Waals surface area contributed by atoms with E-state index in [1.807, 2.05) is 35.2 Å². The molecule has 2 fully saturated rings. The van der Waals surface area contributed by atoms with Crippen LogP contribution in [0.15, 0.2) is 66.7 Å². The Balaban J connectivity index is 0.986. The number of benzene rings is 3. The molecule has 0 radical (unpaired) electrons. The summed E-state index contributed by atoms with van der Waals surface area (Å²) in [5.74, 6) is 0.487. The van der Waals surface area contributed by atoms with Crippen molar-refractivity contribution < 1.29 is 9.59 Å². The number of amides is 2. The number of carbonyl (C=O) groups excluding carboxylic acids is 2. The van der Waals surface area contributed by atoms with E-state index in [0.29, 0.717) is 6.04 Å². The third-order valence-corrected chi connectivity index (χ3v) is 8.85. The Hall–Kier alpha value is -3.18. The van der Waals surface area contributed by atoms with Crippen molar-refractivity contribution in [3.8, 4) is 0 Å². The van der Waals surface area contributed by atoms with E-state index in [-0.39, 0.29) is 23.8 Å². The van der Waals surface area contributed by atoms with Crippen LogP contribution in [0, 0.1) is 5.92 Å². The molecule has 37 heavy (non-hydrogen) atoms. The normalized spacial score (nSPS) is 21.5. The minimum absolute atomic E-state index is 0.111. The van der Waals surface area contributed by atoms with Crippen molar-refractivity contribution in [3.05, 3.63) is 83.4 Å². The molecule has 0 aromatic heterocycles. The number of hydrogen-bond donors (Lipinski definition) is 1. The maximum Gasteiger partial charge on any atom is 0.253 e. The summed E-state index contributed by atoms with van der Waals surface area (Å²) in [6.07, 6.45) is 7.17. The highest BCUT2D eigenvalue weighted by molar-refractivity contribution is 5.98. The van der Waals surface area contributed by atoms with Gasteiger partial charge in [-0.25, -0.2) is 0 Å². The van der Waals surface area contributed by atoms with Crippen molar-refractivity contribution in [2.75, 3.05) is 26.2 Å². The number of nitrogens with zero attached hydrogens (tertiary/aromatic N) is 2. The molecule has 1 atom stereocenters. The maximum atomic E-state index is 13.2. The molecule has 0 bridgehead atoms. The molecule has 0 saturated carbocycles. The molecule has 0 unspecified atom stereocenters. The van der Waals surface area contributed by atoms with Gasteiger partial charge in [-0.15, -0.1) is 0 Å². The molecule has 3 aromatic rings. The van der Waals surface area contributed by atoms with Crippen LogP contribution in [0.1, 0.15) is 66.1 Å². The van der Waals surface area contributed by atoms with Crippen molar-refractivity contribution in [1.82, 2.24) is 15.1 Å².